The van der Waals surface area contributed by atoms with Crippen LogP contribution in [0.5, 0.6) is 0 Å². The zero-order valence-corrected chi connectivity index (χ0v) is 8.29. The van der Waals surface area contributed by atoms with Crippen molar-refractivity contribution in [2.45, 2.75) is 26.7 Å². The van der Waals surface area contributed by atoms with Crippen molar-refractivity contribution in [3.8, 4) is 0 Å². The summed E-state index contributed by atoms with van der Waals surface area (Å²) < 4.78 is 0. The fraction of sp³-hybridized carbons (Fsp3) is 0.778. The molecule has 0 aromatic rings. The SMILES string of the molecule is C=CCC(CP)CC(C)C. The van der Waals surface area contributed by atoms with E-state index in [1.54, 1.807) is 0 Å². The summed E-state index contributed by atoms with van der Waals surface area (Å²) in [4.78, 5) is 0. The molecule has 1 heteroatoms. The van der Waals surface area contributed by atoms with Crippen LogP contribution in [0.2, 0.25) is 0 Å². The first-order valence-corrected chi connectivity index (χ1v) is 4.83. The molecule has 0 aromatic carbocycles. The van der Waals surface area contributed by atoms with E-state index in [-0.39, 0.29) is 0 Å². The molecule has 0 radical (unpaired) electrons. The van der Waals surface area contributed by atoms with Gasteiger partial charge in [0.1, 0.15) is 0 Å². The van der Waals surface area contributed by atoms with E-state index in [9.17, 15) is 0 Å². The number of hydrogen-bond acceptors (Lipinski definition) is 0. The minimum Gasteiger partial charge on any atom is -0.137 e. The predicted octanol–water partition coefficient (Wildman–Crippen LogP) is 3.10. The molecule has 0 amide bonds. The molecule has 0 aliphatic rings. The Kier molecular flexibility index (Phi) is 6.02. The Hall–Kier alpha value is 0.170. The first-order valence-electron chi connectivity index (χ1n) is 4.01. The maximum atomic E-state index is 3.75. The largest absolute Gasteiger partial charge is 0.137 e. The molecule has 0 nitrogen and oxygen atoms in total. The number of hydrogen-bond donors (Lipinski definition) is 0. The average Bonchev–Trinajstić information content (AvgIpc) is 1.86. The molecule has 2 atom stereocenters. The van der Waals surface area contributed by atoms with Gasteiger partial charge in [-0.1, -0.05) is 19.9 Å². The van der Waals surface area contributed by atoms with Crippen molar-refractivity contribution in [2.24, 2.45) is 11.8 Å². The van der Waals surface area contributed by atoms with Gasteiger partial charge in [0.2, 0.25) is 0 Å². The normalized spacial score (nSPS) is 13.6. The van der Waals surface area contributed by atoms with E-state index in [2.05, 4.69) is 29.7 Å². The highest BCUT2D eigenvalue weighted by Crippen LogP contribution is 2.17. The Morgan fingerprint density at radius 1 is 1.50 bits per heavy atom. The molecule has 0 fully saturated rings. The van der Waals surface area contributed by atoms with Crippen LogP contribution in [0.15, 0.2) is 12.7 Å². The molecule has 60 valence electrons. The maximum absolute atomic E-state index is 3.75. The topological polar surface area (TPSA) is 0 Å². The van der Waals surface area contributed by atoms with Crippen molar-refractivity contribution in [2.75, 3.05) is 6.16 Å². The lowest BCUT2D eigenvalue weighted by Crippen LogP contribution is -2.04. The third kappa shape index (κ3) is 4.99. The molecule has 0 bridgehead atoms. The van der Waals surface area contributed by atoms with Crippen LogP contribution in [0.3, 0.4) is 0 Å². The van der Waals surface area contributed by atoms with Gasteiger partial charge in [-0.25, -0.2) is 0 Å². The minimum absolute atomic E-state index is 0.825. The highest BCUT2D eigenvalue weighted by molar-refractivity contribution is 7.16. The van der Waals surface area contributed by atoms with Crippen molar-refractivity contribution in [1.29, 1.82) is 0 Å². The molecular formula is C9H19P. The number of allylic oxidation sites excluding steroid dienone is 1. The zero-order chi connectivity index (χ0) is 7.98. The molecule has 0 aromatic heterocycles. The molecule has 0 aliphatic carbocycles. The Labute approximate surface area is 67.3 Å². The minimum atomic E-state index is 0.825. The summed E-state index contributed by atoms with van der Waals surface area (Å²) in [5.41, 5.74) is 0. The summed E-state index contributed by atoms with van der Waals surface area (Å²) in [6.45, 7) is 8.29. The van der Waals surface area contributed by atoms with Crippen molar-refractivity contribution in [1.82, 2.24) is 0 Å². The molecule has 0 saturated carbocycles. The fourth-order valence-electron chi connectivity index (χ4n) is 1.19. The standard InChI is InChI=1S/C9H19P/c1-4-5-9(7-10)6-8(2)3/h4,8-9H,1,5-7,10H2,2-3H3. The van der Waals surface area contributed by atoms with Gasteiger partial charge in [0.05, 0.1) is 0 Å². The predicted molar refractivity (Wildman–Crippen MR) is 52.3 cm³/mol. The molecule has 0 spiro atoms. The second-order valence-electron chi connectivity index (χ2n) is 3.26. The number of rotatable bonds is 5. The van der Waals surface area contributed by atoms with Crippen molar-refractivity contribution in [3.63, 3.8) is 0 Å². The molecule has 0 rings (SSSR count). The zero-order valence-electron chi connectivity index (χ0n) is 7.14. The van der Waals surface area contributed by atoms with E-state index in [1.165, 1.54) is 19.0 Å². The van der Waals surface area contributed by atoms with Crippen LogP contribution < -0.4 is 0 Å². The Bertz CT molecular complexity index is 86.7. The van der Waals surface area contributed by atoms with Gasteiger partial charge in [0.25, 0.3) is 0 Å². The summed E-state index contributed by atoms with van der Waals surface area (Å²) in [6.07, 6.45) is 5.73. The van der Waals surface area contributed by atoms with Gasteiger partial charge < -0.3 is 0 Å². The molecule has 0 heterocycles. The van der Waals surface area contributed by atoms with Crippen LogP contribution in [0, 0.1) is 11.8 Å². The van der Waals surface area contributed by atoms with E-state index in [4.69, 9.17) is 0 Å². The van der Waals surface area contributed by atoms with E-state index < -0.39 is 0 Å². The van der Waals surface area contributed by atoms with Crippen LogP contribution in [0.25, 0.3) is 0 Å². The molecule has 0 aliphatic heterocycles. The summed E-state index contributed by atoms with van der Waals surface area (Å²) >= 11 is 0. The van der Waals surface area contributed by atoms with Gasteiger partial charge >= 0.3 is 0 Å². The smallest absolute Gasteiger partial charge is 0.0322 e. The van der Waals surface area contributed by atoms with Crippen LogP contribution in [-0.2, 0) is 0 Å². The van der Waals surface area contributed by atoms with E-state index in [0.29, 0.717) is 0 Å². The van der Waals surface area contributed by atoms with Crippen molar-refractivity contribution in [3.05, 3.63) is 12.7 Å². The highest BCUT2D eigenvalue weighted by Gasteiger charge is 2.05. The summed E-state index contributed by atoms with van der Waals surface area (Å²) in [7, 11) is 2.81. The fourth-order valence-corrected chi connectivity index (χ4v) is 1.58. The van der Waals surface area contributed by atoms with Gasteiger partial charge in [-0.15, -0.1) is 15.8 Å². The third-order valence-corrected chi connectivity index (χ3v) is 2.30. The lowest BCUT2D eigenvalue weighted by Gasteiger charge is -2.14. The van der Waals surface area contributed by atoms with E-state index in [0.717, 1.165) is 11.8 Å². The highest BCUT2D eigenvalue weighted by atomic mass is 31.0. The Morgan fingerprint density at radius 2 is 2.10 bits per heavy atom. The maximum Gasteiger partial charge on any atom is -0.0322 e. The van der Waals surface area contributed by atoms with Crippen molar-refractivity contribution >= 4 is 9.24 Å². The quantitative estimate of drug-likeness (QED) is 0.426. The third-order valence-electron chi connectivity index (χ3n) is 1.64. The van der Waals surface area contributed by atoms with Gasteiger partial charge in [-0.3, -0.25) is 0 Å². The first kappa shape index (κ1) is 10.2. The lowest BCUT2D eigenvalue weighted by atomic mass is 9.96. The Balaban J connectivity index is 3.48. The van der Waals surface area contributed by atoms with Crippen LogP contribution in [0.1, 0.15) is 26.7 Å². The van der Waals surface area contributed by atoms with Gasteiger partial charge in [0.15, 0.2) is 0 Å². The molecule has 10 heavy (non-hydrogen) atoms. The summed E-state index contributed by atoms with van der Waals surface area (Å²) in [5.74, 6) is 1.66. The van der Waals surface area contributed by atoms with Crippen LogP contribution in [-0.4, -0.2) is 6.16 Å². The van der Waals surface area contributed by atoms with E-state index in [1.807, 2.05) is 6.08 Å². The van der Waals surface area contributed by atoms with Crippen molar-refractivity contribution < 1.29 is 0 Å². The molecule has 0 N–H and O–H groups in total. The average molecular weight is 158 g/mol. The van der Waals surface area contributed by atoms with E-state index >= 15 is 0 Å². The van der Waals surface area contributed by atoms with Crippen LogP contribution >= 0.6 is 9.24 Å². The Morgan fingerprint density at radius 3 is 2.40 bits per heavy atom. The summed E-state index contributed by atoms with van der Waals surface area (Å²) in [6, 6.07) is 0. The molecule has 2 unspecified atom stereocenters. The second-order valence-corrected chi connectivity index (χ2v) is 3.73. The molecular weight excluding hydrogens is 139 g/mol. The summed E-state index contributed by atoms with van der Waals surface area (Å²) in [5, 5.41) is 0. The first-order chi connectivity index (χ1) is 4.70. The van der Waals surface area contributed by atoms with Crippen LogP contribution in [0.4, 0.5) is 0 Å². The monoisotopic (exact) mass is 158 g/mol. The van der Waals surface area contributed by atoms with Gasteiger partial charge in [0, 0.05) is 0 Å². The lowest BCUT2D eigenvalue weighted by molar-refractivity contribution is 0.449. The molecule has 0 saturated heterocycles. The second kappa shape index (κ2) is 5.92. The van der Waals surface area contributed by atoms with Gasteiger partial charge in [-0.2, -0.15) is 0 Å². The van der Waals surface area contributed by atoms with Gasteiger partial charge in [-0.05, 0) is 30.8 Å².